The average molecular weight is 168 g/mol. The van der Waals surface area contributed by atoms with Crippen molar-refractivity contribution in [1.82, 2.24) is 9.97 Å². The van der Waals surface area contributed by atoms with E-state index >= 15 is 0 Å². The second-order valence-electron chi connectivity index (χ2n) is 1.93. The third-order valence-corrected chi connectivity index (χ3v) is 1.19. The Bertz CT molecular complexity index is 299. The van der Waals surface area contributed by atoms with E-state index < -0.39 is 0 Å². The molecule has 6 heteroatoms. The van der Waals surface area contributed by atoms with Crippen LogP contribution in [0.2, 0.25) is 0 Å². The largest absolute Gasteiger partial charge is 0.480 e. The lowest BCUT2D eigenvalue weighted by Crippen LogP contribution is -2.15. The molecule has 0 saturated carbocycles. The summed E-state index contributed by atoms with van der Waals surface area (Å²) in [5.74, 6) is 0.223. The van der Waals surface area contributed by atoms with E-state index in [1.807, 2.05) is 0 Å². The Kier molecular flexibility index (Phi) is 2.42. The predicted octanol–water partition coefficient (Wildman–Crippen LogP) is -0.420. The van der Waals surface area contributed by atoms with Crippen LogP contribution in [0.25, 0.3) is 0 Å². The van der Waals surface area contributed by atoms with Crippen molar-refractivity contribution in [2.45, 2.75) is 0 Å². The van der Waals surface area contributed by atoms with E-state index in [0.29, 0.717) is 5.88 Å². The predicted molar refractivity (Wildman–Crippen MR) is 41.1 cm³/mol. The van der Waals surface area contributed by atoms with Gasteiger partial charge in [0.2, 0.25) is 5.88 Å². The fraction of sp³-hybridized carbons (Fsp3) is 0.167. The van der Waals surface area contributed by atoms with Gasteiger partial charge in [-0.1, -0.05) is 5.16 Å². The molecule has 0 spiro atoms. The van der Waals surface area contributed by atoms with E-state index in [2.05, 4.69) is 15.1 Å². The molecule has 0 unspecified atom stereocenters. The molecule has 0 aromatic carbocycles. The van der Waals surface area contributed by atoms with Gasteiger partial charge < -0.3 is 15.7 Å². The highest BCUT2D eigenvalue weighted by Crippen LogP contribution is 2.02. The Morgan fingerprint density at radius 2 is 2.42 bits per heavy atom. The van der Waals surface area contributed by atoms with Gasteiger partial charge in [-0.15, -0.1) is 0 Å². The molecule has 0 bridgehead atoms. The quantitative estimate of drug-likeness (QED) is 0.271. The third kappa shape index (κ3) is 1.60. The maximum Gasteiger partial charge on any atom is 0.232 e. The van der Waals surface area contributed by atoms with Crippen LogP contribution in [0.15, 0.2) is 17.5 Å². The maximum atomic E-state index is 8.31. The molecule has 6 nitrogen and oxygen atoms in total. The molecule has 0 aliphatic carbocycles. The number of ether oxygens (including phenoxy) is 1. The summed E-state index contributed by atoms with van der Waals surface area (Å²) in [6.07, 6.45) is 2.80. The molecule has 0 aliphatic heterocycles. The van der Waals surface area contributed by atoms with Crippen molar-refractivity contribution in [3.05, 3.63) is 18.1 Å². The standard InChI is InChI=1S/C6H8N4O2/c1-12-5-3-8-2-4(9-5)6(7)10-11/h2-3,11H,1H3,(H2,7,10). The van der Waals surface area contributed by atoms with E-state index in [9.17, 15) is 0 Å². The molecule has 1 aromatic heterocycles. The first kappa shape index (κ1) is 8.25. The van der Waals surface area contributed by atoms with Crippen molar-refractivity contribution in [3.8, 4) is 5.88 Å². The van der Waals surface area contributed by atoms with E-state index in [-0.39, 0.29) is 11.5 Å². The van der Waals surface area contributed by atoms with Crippen molar-refractivity contribution in [2.75, 3.05) is 7.11 Å². The van der Waals surface area contributed by atoms with Crippen molar-refractivity contribution < 1.29 is 9.94 Å². The average Bonchev–Trinajstić information content (AvgIpc) is 2.17. The Morgan fingerprint density at radius 1 is 1.67 bits per heavy atom. The van der Waals surface area contributed by atoms with Gasteiger partial charge in [0, 0.05) is 0 Å². The lowest BCUT2D eigenvalue weighted by atomic mass is 10.4. The van der Waals surface area contributed by atoms with Gasteiger partial charge in [-0.05, 0) is 0 Å². The summed E-state index contributed by atoms with van der Waals surface area (Å²) in [4.78, 5) is 7.63. The molecule has 0 aliphatic rings. The highest BCUT2D eigenvalue weighted by Gasteiger charge is 2.02. The lowest BCUT2D eigenvalue weighted by Gasteiger charge is -1.99. The van der Waals surface area contributed by atoms with Crippen LogP contribution in [-0.4, -0.2) is 28.1 Å². The molecule has 1 aromatic rings. The zero-order chi connectivity index (χ0) is 8.97. The number of oxime groups is 1. The first-order valence-corrected chi connectivity index (χ1v) is 3.12. The van der Waals surface area contributed by atoms with Gasteiger partial charge in [-0.3, -0.25) is 4.98 Å². The van der Waals surface area contributed by atoms with Crippen molar-refractivity contribution in [3.63, 3.8) is 0 Å². The molecule has 12 heavy (non-hydrogen) atoms. The summed E-state index contributed by atoms with van der Waals surface area (Å²) in [6.45, 7) is 0. The van der Waals surface area contributed by atoms with Gasteiger partial charge in [0.05, 0.1) is 19.5 Å². The van der Waals surface area contributed by atoms with Gasteiger partial charge in [0.25, 0.3) is 0 Å². The first-order chi connectivity index (χ1) is 5.77. The number of aromatic nitrogens is 2. The Labute approximate surface area is 68.7 Å². The molecule has 0 fully saturated rings. The number of methoxy groups -OCH3 is 1. The van der Waals surface area contributed by atoms with Crippen LogP contribution in [0.4, 0.5) is 0 Å². The second kappa shape index (κ2) is 3.51. The van der Waals surface area contributed by atoms with Crippen LogP contribution in [0.1, 0.15) is 5.69 Å². The molecular weight excluding hydrogens is 160 g/mol. The van der Waals surface area contributed by atoms with Crippen LogP contribution in [0.5, 0.6) is 5.88 Å². The van der Waals surface area contributed by atoms with Crippen LogP contribution in [-0.2, 0) is 0 Å². The summed E-state index contributed by atoms with van der Waals surface area (Å²) in [6, 6.07) is 0. The number of nitrogens with two attached hydrogens (primary N) is 1. The summed E-state index contributed by atoms with van der Waals surface area (Å²) in [5, 5.41) is 11.1. The number of hydrogen-bond acceptors (Lipinski definition) is 5. The summed E-state index contributed by atoms with van der Waals surface area (Å²) < 4.78 is 4.78. The van der Waals surface area contributed by atoms with Gasteiger partial charge in [0.15, 0.2) is 5.84 Å². The van der Waals surface area contributed by atoms with Crippen LogP contribution >= 0.6 is 0 Å². The van der Waals surface area contributed by atoms with Gasteiger partial charge in [-0.2, -0.15) is 0 Å². The lowest BCUT2D eigenvalue weighted by molar-refractivity contribution is 0.318. The molecule has 0 saturated heterocycles. The van der Waals surface area contributed by atoms with Gasteiger partial charge >= 0.3 is 0 Å². The van der Waals surface area contributed by atoms with Crippen LogP contribution in [0, 0.1) is 0 Å². The second-order valence-corrected chi connectivity index (χ2v) is 1.93. The smallest absolute Gasteiger partial charge is 0.232 e. The van der Waals surface area contributed by atoms with E-state index in [0.717, 1.165) is 0 Å². The zero-order valence-electron chi connectivity index (χ0n) is 6.43. The molecule has 0 atom stereocenters. The van der Waals surface area contributed by atoms with Crippen molar-refractivity contribution in [1.29, 1.82) is 0 Å². The van der Waals surface area contributed by atoms with Crippen LogP contribution < -0.4 is 10.5 Å². The fourth-order valence-corrected chi connectivity index (χ4v) is 0.621. The van der Waals surface area contributed by atoms with E-state index in [1.54, 1.807) is 0 Å². The Morgan fingerprint density at radius 3 is 3.00 bits per heavy atom. The van der Waals surface area contributed by atoms with Crippen LogP contribution in [0.3, 0.4) is 0 Å². The molecule has 0 radical (unpaired) electrons. The number of hydrogen-bond donors (Lipinski definition) is 2. The normalized spacial score (nSPS) is 11.2. The minimum atomic E-state index is -0.0959. The number of rotatable bonds is 2. The molecular formula is C6H8N4O2. The van der Waals surface area contributed by atoms with E-state index in [4.69, 9.17) is 15.7 Å². The summed E-state index contributed by atoms with van der Waals surface area (Å²) in [7, 11) is 1.46. The molecule has 3 N–H and O–H groups in total. The number of nitrogens with zero attached hydrogens (tertiary/aromatic N) is 3. The van der Waals surface area contributed by atoms with Gasteiger partial charge in [-0.25, -0.2) is 4.98 Å². The molecule has 64 valence electrons. The molecule has 1 heterocycles. The molecule has 0 amide bonds. The first-order valence-electron chi connectivity index (χ1n) is 3.12. The topological polar surface area (TPSA) is 93.6 Å². The third-order valence-electron chi connectivity index (χ3n) is 1.19. The Hall–Kier alpha value is -1.85. The highest BCUT2D eigenvalue weighted by molar-refractivity contribution is 5.94. The number of amidine groups is 1. The minimum absolute atomic E-state index is 0.0959. The Balaban J connectivity index is 3.02. The van der Waals surface area contributed by atoms with Gasteiger partial charge in [0.1, 0.15) is 5.69 Å². The highest BCUT2D eigenvalue weighted by atomic mass is 16.5. The SMILES string of the molecule is COc1cncc(C(N)=NO)n1. The fourth-order valence-electron chi connectivity index (χ4n) is 0.621. The molecule has 1 rings (SSSR count). The monoisotopic (exact) mass is 168 g/mol. The minimum Gasteiger partial charge on any atom is -0.480 e. The zero-order valence-corrected chi connectivity index (χ0v) is 6.43. The van der Waals surface area contributed by atoms with E-state index in [1.165, 1.54) is 19.5 Å². The maximum absolute atomic E-state index is 8.31. The summed E-state index contributed by atoms with van der Waals surface area (Å²) >= 11 is 0. The summed E-state index contributed by atoms with van der Waals surface area (Å²) in [5.41, 5.74) is 5.53. The van der Waals surface area contributed by atoms with Crippen molar-refractivity contribution in [2.24, 2.45) is 10.9 Å². The van der Waals surface area contributed by atoms with Crippen molar-refractivity contribution >= 4 is 5.84 Å².